The number of tetrazole rings is 1. The lowest BCUT2D eigenvalue weighted by atomic mass is 9.90. The molecule has 3 aromatic heterocycles. The van der Waals surface area contributed by atoms with Crippen molar-refractivity contribution in [2.45, 2.75) is 57.3 Å². The fourth-order valence-corrected chi connectivity index (χ4v) is 5.86. The van der Waals surface area contributed by atoms with E-state index in [1.54, 1.807) is 23.1 Å². The van der Waals surface area contributed by atoms with Crippen molar-refractivity contribution in [2.24, 2.45) is 0 Å². The molecule has 0 radical (unpaired) electrons. The highest BCUT2D eigenvalue weighted by Crippen LogP contribution is 2.35. The lowest BCUT2D eigenvalue weighted by molar-refractivity contribution is 0.00503. The fourth-order valence-electron chi connectivity index (χ4n) is 5.70. The van der Waals surface area contributed by atoms with E-state index >= 15 is 0 Å². The van der Waals surface area contributed by atoms with Gasteiger partial charge in [-0.1, -0.05) is 17.7 Å². The Hall–Kier alpha value is -4.32. The molecule has 1 atom stereocenters. The summed E-state index contributed by atoms with van der Waals surface area (Å²) >= 11 is 6.42. The first kappa shape index (κ1) is 29.7. The van der Waals surface area contributed by atoms with Crippen LogP contribution in [0, 0.1) is 11.3 Å². The molecule has 1 unspecified atom stereocenters. The van der Waals surface area contributed by atoms with Gasteiger partial charge < -0.3 is 19.5 Å². The first-order chi connectivity index (χ1) is 21.6. The molecule has 0 bridgehead atoms. The molecular weight excluding hydrogens is 586 g/mol. The van der Waals surface area contributed by atoms with Crippen molar-refractivity contribution in [3.05, 3.63) is 48.1 Å². The first-order valence-electron chi connectivity index (χ1n) is 14.7. The second-order valence-electron chi connectivity index (χ2n) is 10.9. The monoisotopic (exact) mass is 619 g/mol. The third kappa shape index (κ3) is 7.24. The molecule has 2 fully saturated rings. The van der Waals surface area contributed by atoms with Crippen molar-refractivity contribution in [3.8, 4) is 28.8 Å². The summed E-state index contributed by atoms with van der Waals surface area (Å²) in [6, 6.07) is 8.39. The number of nitriles is 1. The van der Waals surface area contributed by atoms with Gasteiger partial charge >= 0.3 is 0 Å². The number of halogens is 1. The number of morpholine rings is 1. The van der Waals surface area contributed by atoms with Gasteiger partial charge in [-0.3, -0.25) is 9.58 Å². The number of benzene rings is 1. The Bertz CT molecular complexity index is 1540. The zero-order valence-corrected chi connectivity index (χ0v) is 25.2. The van der Waals surface area contributed by atoms with Crippen LogP contribution in [0.15, 0.2) is 43.1 Å². The Morgan fingerprint density at radius 3 is 2.61 bits per heavy atom. The molecule has 230 valence electrons. The van der Waals surface area contributed by atoms with Crippen LogP contribution < -0.4 is 14.8 Å². The number of aromatic nitrogens is 8. The van der Waals surface area contributed by atoms with E-state index in [0.717, 1.165) is 63.1 Å². The van der Waals surface area contributed by atoms with Gasteiger partial charge in [-0.05, 0) is 60.7 Å². The number of nitrogens with zero attached hydrogens (tertiary/aromatic N) is 10. The molecule has 1 saturated heterocycles. The van der Waals surface area contributed by atoms with Crippen molar-refractivity contribution in [3.63, 3.8) is 0 Å². The largest absolute Gasteiger partial charge is 0.487 e. The lowest BCUT2D eigenvalue weighted by Crippen LogP contribution is -2.45. The molecule has 15 heteroatoms. The van der Waals surface area contributed by atoms with Crippen LogP contribution in [0.1, 0.15) is 38.6 Å². The minimum atomic E-state index is -0.216. The van der Waals surface area contributed by atoms with Crippen LogP contribution in [0.3, 0.4) is 0 Å². The predicted octanol–water partition coefficient (Wildman–Crippen LogP) is 3.91. The Morgan fingerprint density at radius 1 is 1.11 bits per heavy atom. The van der Waals surface area contributed by atoms with Crippen LogP contribution in [0.4, 0.5) is 11.6 Å². The summed E-state index contributed by atoms with van der Waals surface area (Å²) < 4.78 is 20.8. The quantitative estimate of drug-likeness (QED) is 0.259. The molecule has 14 nitrogen and oxygen atoms in total. The van der Waals surface area contributed by atoms with Crippen molar-refractivity contribution in [1.29, 1.82) is 5.26 Å². The molecule has 4 aromatic rings. The van der Waals surface area contributed by atoms with Crippen LogP contribution in [0.2, 0.25) is 5.02 Å². The smallest absolute Gasteiger partial charge is 0.257 e. The number of rotatable bonds is 11. The van der Waals surface area contributed by atoms with Crippen LogP contribution in [0.5, 0.6) is 11.6 Å². The Kier molecular flexibility index (Phi) is 9.45. The summed E-state index contributed by atoms with van der Waals surface area (Å²) in [6.45, 7) is 5.93. The third-order valence-corrected chi connectivity index (χ3v) is 8.21. The summed E-state index contributed by atoms with van der Waals surface area (Å²) in [4.78, 5) is 11.6. The lowest BCUT2D eigenvalue weighted by Gasteiger charge is -2.38. The maximum Gasteiger partial charge on any atom is 0.257 e. The zero-order chi connectivity index (χ0) is 30.3. The third-order valence-electron chi connectivity index (χ3n) is 7.90. The van der Waals surface area contributed by atoms with Crippen molar-refractivity contribution < 1.29 is 14.2 Å². The number of hydrogen-bond acceptors (Lipinski definition) is 12. The highest BCUT2D eigenvalue weighted by Gasteiger charge is 2.29. The summed E-state index contributed by atoms with van der Waals surface area (Å²) in [5.41, 5.74) is 2.25. The number of hydrogen-bond donors (Lipinski definition) is 1. The molecular formula is C29H34ClN11O3. The molecule has 4 heterocycles. The van der Waals surface area contributed by atoms with Crippen molar-refractivity contribution in [1.82, 2.24) is 44.9 Å². The SMILES string of the molecule is CC(Cn1cnnn1)Oc1cc(-c2cnc(Nc3cn(C4CCC(N5CCOCC5)CC4)nc3OCC#N)nc2)ccc1Cl. The van der Waals surface area contributed by atoms with Crippen LogP contribution in [-0.4, -0.2) is 89.9 Å². The minimum absolute atomic E-state index is 0.107. The van der Waals surface area contributed by atoms with Gasteiger partial charge in [-0.2, -0.15) is 5.26 Å². The molecule has 6 rings (SSSR count). The Labute approximate surface area is 259 Å². The number of nitrogens with one attached hydrogen (secondary N) is 1. The second-order valence-corrected chi connectivity index (χ2v) is 11.3. The average molecular weight is 620 g/mol. The maximum absolute atomic E-state index is 9.10. The molecule has 44 heavy (non-hydrogen) atoms. The minimum Gasteiger partial charge on any atom is -0.487 e. The molecule has 1 aliphatic heterocycles. The highest BCUT2D eigenvalue weighted by atomic mass is 35.5. The van der Waals surface area contributed by atoms with Gasteiger partial charge in [0.05, 0.1) is 37.0 Å². The van der Waals surface area contributed by atoms with Gasteiger partial charge in [-0.25, -0.2) is 14.6 Å². The van der Waals surface area contributed by atoms with E-state index < -0.39 is 0 Å². The molecule has 1 saturated carbocycles. The summed E-state index contributed by atoms with van der Waals surface area (Å²) in [7, 11) is 0. The standard InChI is InChI=1S/C29H34ClN11O3/c1-20(17-40-19-34-37-38-40)44-27-14-21(2-7-25(27)30)22-15-32-29(33-16-22)35-26-18-41(36-28(26)43-11-8-31)24-5-3-23(4-6-24)39-9-12-42-13-10-39/h2,7,14-16,18-20,23-24H,3-6,9-13,17H2,1H3,(H,32,33,35). The van der Waals surface area contributed by atoms with Crippen LogP contribution in [0.25, 0.3) is 11.1 Å². The van der Waals surface area contributed by atoms with Crippen LogP contribution in [-0.2, 0) is 11.3 Å². The number of anilines is 2. The van der Waals surface area contributed by atoms with E-state index in [2.05, 4.69) is 40.8 Å². The summed E-state index contributed by atoms with van der Waals surface area (Å²) in [5, 5.41) is 28.7. The average Bonchev–Trinajstić information content (AvgIpc) is 3.72. The van der Waals surface area contributed by atoms with E-state index in [1.807, 2.05) is 36.0 Å². The normalized spacial score (nSPS) is 19.7. The topological polar surface area (TPSA) is 154 Å². The van der Waals surface area contributed by atoms with Crippen LogP contribution >= 0.6 is 11.6 Å². The highest BCUT2D eigenvalue weighted by molar-refractivity contribution is 6.32. The van der Waals surface area contributed by atoms with E-state index in [9.17, 15) is 0 Å². The molecule has 1 aromatic carbocycles. The van der Waals surface area contributed by atoms with Gasteiger partial charge in [0.2, 0.25) is 5.95 Å². The van der Waals surface area contributed by atoms with Gasteiger partial charge in [0.15, 0.2) is 6.61 Å². The van der Waals surface area contributed by atoms with E-state index in [-0.39, 0.29) is 18.8 Å². The maximum atomic E-state index is 9.10. The molecule has 1 N–H and O–H groups in total. The number of ether oxygens (including phenoxy) is 3. The van der Waals surface area contributed by atoms with E-state index in [1.165, 1.54) is 6.33 Å². The Morgan fingerprint density at radius 2 is 1.89 bits per heavy atom. The van der Waals surface area contributed by atoms with Crippen molar-refractivity contribution in [2.75, 3.05) is 38.2 Å². The van der Waals surface area contributed by atoms with Gasteiger partial charge in [0.1, 0.15) is 29.9 Å². The van der Waals surface area contributed by atoms with Gasteiger partial charge in [0.25, 0.3) is 5.88 Å². The van der Waals surface area contributed by atoms with E-state index in [4.69, 9.17) is 31.1 Å². The molecule has 2 aliphatic rings. The predicted molar refractivity (Wildman–Crippen MR) is 161 cm³/mol. The van der Waals surface area contributed by atoms with E-state index in [0.29, 0.717) is 40.9 Å². The second kappa shape index (κ2) is 14.0. The summed E-state index contributed by atoms with van der Waals surface area (Å²) in [5.74, 6) is 1.27. The Balaban J connectivity index is 1.11. The van der Waals surface area contributed by atoms with Gasteiger partial charge in [-0.15, -0.1) is 10.2 Å². The van der Waals surface area contributed by atoms with Crippen molar-refractivity contribution >= 4 is 23.2 Å². The first-order valence-corrected chi connectivity index (χ1v) is 15.1. The molecule has 0 spiro atoms. The van der Waals surface area contributed by atoms with Gasteiger partial charge in [0, 0.05) is 37.1 Å². The zero-order valence-electron chi connectivity index (χ0n) is 24.4. The molecule has 1 aliphatic carbocycles. The molecule has 0 amide bonds. The fraction of sp³-hybridized carbons (Fsp3) is 0.483. The summed E-state index contributed by atoms with van der Waals surface area (Å²) in [6.07, 6.45) is 11.0.